The van der Waals surface area contributed by atoms with Crippen molar-refractivity contribution < 1.29 is 8.42 Å². The fraction of sp³-hybridized carbons (Fsp3) is 0.389. The van der Waals surface area contributed by atoms with E-state index in [1.165, 1.54) is 0 Å². The molecule has 0 aliphatic heterocycles. The average Bonchev–Trinajstić information content (AvgIpc) is 2.54. The molecule has 0 radical (unpaired) electrons. The lowest BCUT2D eigenvalue weighted by molar-refractivity contribution is 0.506. The molecule has 124 valence electrons. The quantitative estimate of drug-likeness (QED) is 0.865. The molecule has 1 aromatic carbocycles. The molecule has 0 saturated carbocycles. The number of anilines is 1. The molecule has 1 N–H and O–H groups in total. The lowest BCUT2D eigenvalue weighted by atomic mass is 9.82. The van der Waals surface area contributed by atoms with Crippen molar-refractivity contribution in [2.24, 2.45) is 0 Å². The lowest BCUT2D eigenvalue weighted by Gasteiger charge is -2.23. The normalized spacial score (nSPS) is 12.2. The van der Waals surface area contributed by atoms with E-state index in [9.17, 15) is 8.42 Å². The summed E-state index contributed by atoms with van der Waals surface area (Å²) in [5.41, 5.74) is 2.20. The van der Waals surface area contributed by atoms with E-state index < -0.39 is 10.0 Å². The van der Waals surface area contributed by atoms with Crippen LogP contribution in [0.3, 0.4) is 0 Å². The summed E-state index contributed by atoms with van der Waals surface area (Å²) in [5.74, 6) is 0.349. The third-order valence-electron chi connectivity index (χ3n) is 4.30. The van der Waals surface area contributed by atoms with E-state index in [1.807, 2.05) is 25.1 Å². The molecule has 2 rings (SSSR count). The first-order valence-electron chi connectivity index (χ1n) is 7.87. The smallest absolute Gasteiger partial charge is 0.263 e. The summed E-state index contributed by atoms with van der Waals surface area (Å²) in [6, 6.07) is 10.7. The molecule has 1 heterocycles. The second kappa shape index (κ2) is 6.71. The fourth-order valence-corrected chi connectivity index (χ4v) is 3.24. The van der Waals surface area contributed by atoms with Gasteiger partial charge in [-0.3, -0.25) is 4.72 Å². The zero-order chi connectivity index (χ0) is 17.1. The van der Waals surface area contributed by atoms with Crippen LogP contribution >= 0.6 is 0 Å². The number of rotatable bonds is 6. The molecule has 0 saturated heterocycles. The van der Waals surface area contributed by atoms with Gasteiger partial charge in [0.05, 0.1) is 4.90 Å². The maximum atomic E-state index is 12.5. The largest absolute Gasteiger partial charge is 0.263 e. The minimum atomic E-state index is -3.62. The van der Waals surface area contributed by atoms with Crippen molar-refractivity contribution in [3.63, 3.8) is 0 Å². The van der Waals surface area contributed by atoms with E-state index >= 15 is 0 Å². The Morgan fingerprint density at radius 2 is 1.74 bits per heavy atom. The zero-order valence-electron chi connectivity index (χ0n) is 14.1. The van der Waals surface area contributed by atoms with Crippen LogP contribution in [-0.2, 0) is 21.9 Å². The molecule has 0 atom stereocenters. The van der Waals surface area contributed by atoms with Gasteiger partial charge in [0.1, 0.15) is 5.82 Å². The van der Waals surface area contributed by atoms with Crippen LogP contribution in [0.4, 0.5) is 5.82 Å². The van der Waals surface area contributed by atoms with Crippen LogP contribution in [0.25, 0.3) is 0 Å². The van der Waals surface area contributed by atoms with Gasteiger partial charge in [0.2, 0.25) is 0 Å². The highest BCUT2D eigenvalue weighted by atomic mass is 32.2. The van der Waals surface area contributed by atoms with E-state index in [4.69, 9.17) is 0 Å². The third kappa shape index (κ3) is 4.10. The minimum absolute atomic E-state index is 0.0345. The number of benzene rings is 1. The molecule has 0 spiro atoms. The van der Waals surface area contributed by atoms with Crippen LogP contribution < -0.4 is 4.72 Å². The zero-order valence-corrected chi connectivity index (χ0v) is 14.9. The molecule has 0 aliphatic carbocycles. The number of aryl methyl sites for hydroxylation is 1. The van der Waals surface area contributed by atoms with Gasteiger partial charge in [-0.2, -0.15) is 0 Å². The molecule has 0 aliphatic rings. The Morgan fingerprint density at radius 1 is 1.09 bits per heavy atom. The average molecular weight is 332 g/mol. The molecule has 0 unspecified atom stereocenters. The first-order chi connectivity index (χ1) is 10.8. The van der Waals surface area contributed by atoms with Crippen molar-refractivity contribution in [1.29, 1.82) is 0 Å². The highest BCUT2D eigenvalue weighted by molar-refractivity contribution is 7.92. The number of hydrogen-bond acceptors (Lipinski definition) is 3. The molecule has 1 aromatic heterocycles. The van der Waals surface area contributed by atoms with Gasteiger partial charge in [-0.15, -0.1) is 0 Å². The Hall–Kier alpha value is -1.88. The molecule has 4 nitrogen and oxygen atoms in total. The second-order valence-electron chi connectivity index (χ2n) is 6.27. The Labute approximate surface area is 139 Å². The molecule has 5 heteroatoms. The van der Waals surface area contributed by atoms with Gasteiger partial charge in [0.25, 0.3) is 10.0 Å². The van der Waals surface area contributed by atoms with Crippen molar-refractivity contribution in [1.82, 2.24) is 4.98 Å². The summed E-state index contributed by atoms with van der Waals surface area (Å²) in [4.78, 5) is 4.32. The van der Waals surface area contributed by atoms with Crippen molar-refractivity contribution in [3.05, 3.63) is 53.7 Å². The summed E-state index contributed by atoms with van der Waals surface area (Å²) in [5, 5.41) is 0. The van der Waals surface area contributed by atoms with Gasteiger partial charge in [0.15, 0.2) is 0 Å². The monoisotopic (exact) mass is 332 g/mol. The van der Waals surface area contributed by atoms with Gasteiger partial charge in [-0.25, -0.2) is 13.4 Å². The first-order valence-corrected chi connectivity index (χ1v) is 9.35. The lowest BCUT2D eigenvalue weighted by Crippen LogP contribution is -2.17. The third-order valence-corrected chi connectivity index (χ3v) is 5.67. The summed E-state index contributed by atoms with van der Waals surface area (Å²) >= 11 is 0. The van der Waals surface area contributed by atoms with Crippen LogP contribution in [0.5, 0.6) is 0 Å². The van der Waals surface area contributed by atoms with Gasteiger partial charge >= 0.3 is 0 Å². The van der Waals surface area contributed by atoms with Crippen LogP contribution in [0, 0.1) is 0 Å². The van der Waals surface area contributed by atoms with Gasteiger partial charge in [0, 0.05) is 6.20 Å². The molecule has 2 aromatic rings. The molecule has 23 heavy (non-hydrogen) atoms. The summed E-state index contributed by atoms with van der Waals surface area (Å²) in [6.07, 6.45) is 3.44. The van der Waals surface area contributed by atoms with Crippen LogP contribution in [-0.4, -0.2) is 13.4 Å². The Balaban J connectivity index is 2.26. The number of aromatic nitrogens is 1. The molecular weight excluding hydrogens is 308 g/mol. The second-order valence-corrected chi connectivity index (χ2v) is 7.95. The van der Waals surface area contributed by atoms with E-state index in [-0.39, 0.29) is 10.3 Å². The highest BCUT2D eigenvalue weighted by Crippen LogP contribution is 2.27. The number of pyridine rings is 1. The van der Waals surface area contributed by atoms with Crippen LogP contribution in [0.1, 0.15) is 45.2 Å². The SMILES string of the molecule is CCc1ccnc(NS(=O)(=O)c2ccc(C(C)(C)CC)cc2)c1. The van der Waals surface area contributed by atoms with E-state index in [0.29, 0.717) is 5.82 Å². The topological polar surface area (TPSA) is 59.1 Å². The van der Waals surface area contributed by atoms with Crippen molar-refractivity contribution in [3.8, 4) is 0 Å². The summed E-state index contributed by atoms with van der Waals surface area (Å²) in [7, 11) is -3.62. The molecule has 0 amide bonds. The molecular formula is C18H24N2O2S. The highest BCUT2D eigenvalue weighted by Gasteiger charge is 2.20. The van der Waals surface area contributed by atoms with E-state index in [0.717, 1.165) is 24.0 Å². The van der Waals surface area contributed by atoms with Gasteiger partial charge in [-0.1, -0.05) is 39.8 Å². The van der Waals surface area contributed by atoms with Crippen LogP contribution in [0.15, 0.2) is 47.5 Å². The number of sulfonamides is 1. The Bertz CT molecular complexity index is 766. The molecule has 0 bridgehead atoms. The van der Waals surface area contributed by atoms with Crippen LogP contribution in [0.2, 0.25) is 0 Å². The first kappa shape index (κ1) is 17.5. The Kier molecular flexibility index (Phi) is 5.09. The van der Waals surface area contributed by atoms with E-state index in [2.05, 4.69) is 30.5 Å². The predicted octanol–water partition coefficient (Wildman–Crippen LogP) is 4.13. The molecule has 0 fully saturated rings. The van der Waals surface area contributed by atoms with Gasteiger partial charge in [-0.05, 0) is 53.6 Å². The minimum Gasteiger partial charge on any atom is -0.263 e. The summed E-state index contributed by atoms with van der Waals surface area (Å²) < 4.78 is 27.5. The standard InChI is InChI=1S/C18H24N2O2S/c1-5-14-11-12-19-17(13-14)20-23(21,22)16-9-7-15(8-10-16)18(3,4)6-2/h7-13H,5-6H2,1-4H3,(H,19,20). The number of nitrogens with zero attached hydrogens (tertiary/aromatic N) is 1. The fourth-order valence-electron chi connectivity index (χ4n) is 2.24. The van der Waals surface area contributed by atoms with Crippen molar-refractivity contribution in [2.75, 3.05) is 4.72 Å². The van der Waals surface area contributed by atoms with Crippen molar-refractivity contribution >= 4 is 15.8 Å². The van der Waals surface area contributed by atoms with Gasteiger partial charge < -0.3 is 0 Å². The predicted molar refractivity (Wildman–Crippen MR) is 94.2 cm³/mol. The van der Waals surface area contributed by atoms with E-state index in [1.54, 1.807) is 24.4 Å². The number of hydrogen-bond donors (Lipinski definition) is 1. The number of nitrogens with one attached hydrogen (secondary N) is 1. The van der Waals surface area contributed by atoms with Crippen molar-refractivity contribution in [2.45, 2.75) is 50.8 Å². The maximum absolute atomic E-state index is 12.5. The summed E-state index contributed by atoms with van der Waals surface area (Å²) in [6.45, 7) is 8.43. The Morgan fingerprint density at radius 3 is 2.30 bits per heavy atom. The maximum Gasteiger partial charge on any atom is 0.263 e.